The third-order valence-corrected chi connectivity index (χ3v) is 3.73. The third-order valence-electron chi connectivity index (χ3n) is 3.54. The number of hydrogen-bond donors (Lipinski definition) is 1. The largest absolute Gasteiger partial charge is 0.447 e. The molecule has 0 saturated carbocycles. The minimum Gasteiger partial charge on any atom is -0.447 e. The fourth-order valence-electron chi connectivity index (χ4n) is 2.43. The number of carbonyl (C=O) groups excluding carboxylic acids is 2. The lowest BCUT2D eigenvalue weighted by Gasteiger charge is -2.18. The molecule has 0 bridgehead atoms. The Morgan fingerprint density at radius 1 is 1.48 bits per heavy atom. The Hall–Kier alpha value is -2.54. The van der Waals surface area contributed by atoms with Crippen molar-refractivity contribution in [3.05, 3.63) is 41.2 Å². The average molecular weight is 335 g/mol. The number of nitrogens with one attached hydrogen (secondary N) is 1. The maximum Gasteiger partial charge on any atom is 0.414 e. The van der Waals surface area contributed by atoms with Crippen LogP contribution in [0.1, 0.15) is 5.56 Å². The topological polar surface area (TPSA) is 76.5 Å². The number of hydrogen-bond acceptors (Lipinski definition) is 4. The molecule has 1 aromatic carbocycles. The zero-order chi connectivity index (χ0) is 16.4. The molecule has 1 saturated heterocycles. The molecule has 0 atom stereocenters. The molecule has 0 unspecified atom stereocenters. The molecule has 1 aromatic heterocycles. The van der Waals surface area contributed by atoms with E-state index in [2.05, 4.69) is 10.4 Å². The number of halogens is 1. The standard InChI is InChI=1S/C15H15ClN4O3/c1-10-12(18-14(21)9-19-8-11(16)7-17-19)3-2-4-13(10)20-5-6-23-15(20)22/h2-4,7-8H,5-6,9H2,1H3,(H,18,21). The van der Waals surface area contributed by atoms with Gasteiger partial charge in [-0.2, -0.15) is 5.10 Å². The number of ether oxygens (including phenoxy) is 1. The van der Waals surface area contributed by atoms with E-state index in [1.807, 2.05) is 13.0 Å². The zero-order valence-electron chi connectivity index (χ0n) is 12.5. The van der Waals surface area contributed by atoms with E-state index in [1.54, 1.807) is 23.2 Å². The van der Waals surface area contributed by atoms with E-state index in [0.29, 0.717) is 23.9 Å². The molecule has 1 aliphatic rings. The number of anilines is 2. The van der Waals surface area contributed by atoms with Gasteiger partial charge in [0, 0.05) is 11.9 Å². The van der Waals surface area contributed by atoms with Crippen LogP contribution in [0.5, 0.6) is 0 Å². The number of rotatable bonds is 4. The van der Waals surface area contributed by atoms with Crippen LogP contribution >= 0.6 is 11.6 Å². The lowest BCUT2D eigenvalue weighted by molar-refractivity contribution is -0.116. The first-order valence-corrected chi connectivity index (χ1v) is 7.44. The summed E-state index contributed by atoms with van der Waals surface area (Å²) in [5.41, 5.74) is 2.18. The quantitative estimate of drug-likeness (QED) is 0.931. The Labute approximate surface area is 137 Å². The van der Waals surface area contributed by atoms with E-state index in [-0.39, 0.29) is 18.5 Å². The molecular formula is C15H15ClN4O3. The lowest BCUT2D eigenvalue weighted by Crippen LogP contribution is -2.25. The summed E-state index contributed by atoms with van der Waals surface area (Å²) in [5, 5.41) is 7.27. The summed E-state index contributed by atoms with van der Waals surface area (Å²) in [6.45, 7) is 2.78. The van der Waals surface area contributed by atoms with Crippen LogP contribution < -0.4 is 10.2 Å². The highest BCUT2D eigenvalue weighted by atomic mass is 35.5. The predicted octanol–water partition coefficient (Wildman–Crippen LogP) is 2.44. The predicted molar refractivity (Wildman–Crippen MR) is 85.7 cm³/mol. The molecule has 1 N–H and O–H groups in total. The van der Waals surface area contributed by atoms with Gasteiger partial charge in [-0.1, -0.05) is 17.7 Å². The smallest absolute Gasteiger partial charge is 0.414 e. The molecule has 3 rings (SSSR count). The summed E-state index contributed by atoms with van der Waals surface area (Å²) in [5.74, 6) is -0.228. The van der Waals surface area contributed by atoms with Crippen LogP contribution in [0.4, 0.5) is 16.2 Å². The van der Waals surface area contributed by atoms with Crippen LogP contribution in [0, 0.1) is 6.92 Å². The molecule has 2 aromatic rings. The summed E-state index contributed by atoms with van der Waals surface area (Å²) in [7, 11) is 0. The molecule has 120 valence electrons. The Morgan fingerprint density at radius 3 is 2.96 bits per heavy atom. The summed E-state index contributed by atoms with van der Waals surface area (Å²) >= 11 is 5.77. The summed E-state index contributed by atoms with van der Waals surface area (Å²) in [4.78, 5) is 25.4. The van der Waals surface area contributed by atoms with E-state index in [4.69, 9.17) is 16.3 Å². The number of benzene rings is 1. The number of nitrogens with zero attached hydrogens (tertiary/aromatic N) is 3. The van der Waals surface area contributed by atoms with Gasteiger partial charge in [-0.05, 0) is 24.6 Å². The molecule has 2 heterocycles. The van der Waals surface area contributed by atoms with Gasteiger partial charge >= 0.3 is 6.09 Å². The Bertz CT molecular complexity index is 759. The van der Waals surface area contributed by atoms with Crippen molar-refractivity contribution in [3.63, 3.8) is 0 Å². The zero-order valence-corrected chi connectivity index (χ0v) is 13.2. The second kappa shape index (κ2) is 6.29. The first-order chi connectivity index (χ1) is 11.0. The molecule has 0 spiro atoms. The van der Waals surface area contributed by atoms with Crippen molar-refractivity contribution in [3.8, 4) is 0 Å². The van der Waals surface area contributed by atoms with E-state index >= 15 is 0 Å². The van der Waals surface area contributed by atoms with Crippen LogP contribution in [0.15, 0.2) is 30.6 Å². The van der Waals surface area contributed by atoms with E-state index in [9.17, 15) is 9.59 Å². The van der Waals surface area contributed by atoms with Crippen LogP contribution in [0.2, 0.25) is 5.02 Å². The molecule has 7 nitrogen and oxygen atoms in total. The van der Waals surface area contributed by atoms with Crippen molar-refractivity contribution in [1.82, 2.24) is 9.78 Å². The lowest BCUT2D eigenvalue weighted by atomic mass is 10.1. The second-order valence-corrected chi connectivity index (χ2v) is 5.56. The van der Waals surface area contributed by atoms with Gasteiger partial charge in [0.05, 0.1) is 23.5 Å². The van der Waals surface area contributed by atoms with Crippen molar-refractivity contribution in [1.29, 1.82) is 0 Å². The van der Waals surface area contributed by atoms with Gasteiger partial charge < -0.3 is 10.1 Å². The van der Waals surface area contributed by atoms with Gasteiger partial charge in [0.15, 0.2) is 0 Å². The molecule has 0 aliphatic carbocycles. The highest BCUT2D eigenvalue weighted by Crippen LogP contribution is 2.28. The summed E-state index contributed by atoms with van der Waals surface area (Å²) in [6.07, 6.45) is 2.67. The van der Waals surface area contributed by atoms with Gasteiger partial charge in [-0.15, -0.1) is 0 Å². The number of aromatic nitrogens is 2. The van der Waals surface area contributed by atoms with Crippen molar-refractivity contribution in [2.45, 2.75) is 13.5 Å². The third kappa shape index (κ3) is 3.29. The van der Waals surface area contributed by atoms with Crippen LogP contribution in [-0.4, -0.2) is 34.9 Å². The maximum atomic E-state index is 12.1. The van der Waals surface area contributed by atoms with Crippen molar-refractivity contribution >= 4 is 35.0 Å². The van der Waals surface area contributed by atoms with E-state index < -0.39 is 0 Å². The fraction of sp³-hybridized carbons (Fsp3) is 0.267. The van der Waals surface area contributed by atoms with Crippen molar-refractivity contribution in [2.75, 3.05) is 23.4 Å². The molecule has 2 amide bonds. The van der Waals surface area contributed by atoms with Gasteiger partial charge in [-0.3, -0.25) is 14.4 Å². The van der Waals surface area contributed by atoms with E-state index in [0.717, 1.165) is 11.3 Å². The first kappa shape index (κ1) is 15.4. The molecule has 1 fully saturated rings. The minimum absolute atomic E-state index is 0.0577. The minimum atomic E-state index is -0.372. The Morgan fingerprint density at radius 2 is 2.30 bits per heavy atom. The van der Waals surface area contributed by atoms with Crippen LogP contribution in [-0.2, 0) is 16.1 Å². The van der Waals surface area contributed by atoms with Gasteiger partial charge in [0.1, 0.15) is 13.2 Å². The molecule has 8 heteroatoms. The number of carbonyl (C=O) groups is 2. The molecule has 23 heavy (non-hydrogen) atoms. The monoisotopic (exact) mass is 334 g/mol. The van der Waals surface area contributed by atoms with E-state index in [1.165, 1.54) is 10.9 Å². The SMILES string of the molecule is Cc1c(NC(=O)Cn2cc(Cl)cn2)cccc1N1CCOC1=O. The second-order valence-electron chi connectivity index (χ2n) is 5.12. The fourth-order valence-corrected chi connectivity index (χ4v) is 2.58. The van der Waals surface area contributed by atoms with Crippen LogP contribution in [0.25, 0.3) is 0 Å². The van der Waals surface area contributed by atoms with Gasteiger partial charge in [0.2, 0.25) is 5.91 Å². The van der Waals surface area contributed by atoms with Gasteiger partial charge in [-0.25, -0.2) is 4.79 Å². The van der Waals surface area contributed by atoms with Crippen LogP contribution in [0.3, 0.4) is 0 Å². The Kier molecular flexibility index (Phi) is 4.20. The summed E-state index contributed by atoms with van der Waals surface area (Å²) < 4.78 is 6.41. The van der Waals surface area contributed by atoms with Gasteiger partial charge in [0.25, 0.3) is 0 Å². The Balaban J connectivity index is 1.75. The molecule has 0 radical (unpaired) electrons. The highest BCUT2D eigenvalue weighted by molar-refractivity contribution is 6.30. The normalized spacial score (nSPS) is 14.0. The van der Waals surface area contributed by atoms with Crippen molar-refractivity contribution in [2.24, 2.45) is 0 Å². The number of cyclic esters (lactones) is 1. The first-order valence-electron chi connectivity index (χ1n) is 7.06. The average Bonchev–Trinajstić information content (AvgIpc) is 3.10. The molecular weight excluding hydrogens is 320 g/mol. The van der Waals surface area contributed by atoms with Crippen molar-refractivity contribution < 1.29 is 14.3 Å². The number of amides is 2. The highest BCUT2D eigenvalue weighted by Gasteiger charge is 2.25. The summed E-state index contributed by atoms with van der Waals surface area (Å²) in [6, 6.07) is 5.40. The molecule has 1 aliphatic heterocycles. The maximum absolute atomic E-state index is 12.1.